The Hall–Kier alpha value is -3.43. The molecule has 0 atom stereocenters. The van der Waals surface area contributed by atoms with E-state index in [0.29, 0.717) is 32.5 Å². The molecule has 0 fully saturated rings. The number of amides is 2. The third kappa shape index (κ3) is 4.68. The van der Waals surface area contributed by atoms with Crippen molar-refractivity contribution in [1.29, 1.82) is 0 Å². The molecule has 0 saturated heterocycles. The molecule has 0 aliphatic carbocycles. The van der Waals surface area contributed by atoms with Crippen molar-refractivity contribution >= 4 is 45.3 Å². The van der Waals surface area contributed by atoms with Gasteiger partial charge in [0.25, 0.3) is 11.8 Å². The Morgan fingerprint density at radius 3 is 2.39 bits per heavy atom. The van der Waals surface area contributed by atoms with E-state index in [-0.39, 0.29) is 11.8 Å². The first-order valence-corrected chi connectivity index (χ1v) is 10.8. The van der Waals surface area contributed by atoms with Gasteiger partial charge in [0, 0.05) is 21.7 Å². The van der Waals surface area contributed by atoms with E-state index in [4.69, 9.17) is 0 Å². The molecule has 0 radical (unpaired) electrons. The quantitative estimate of drug-likeness (QED) is 0.390. The van der Waals surface area contributed by atoms with Crippen molar-refractivity contribution in [1.82, 2.24) is 4.98 Å². The number of nitrogens with one attached hydrogen (secondary N) is 2. The molecular formula is C22H15F2N3O2S2. The van der Waals surface area contributed by atoms with E-state index in [1.807, 2.05) is 5.38 Å². The van der Waals surface area contributed by atoms with Crippen LogP contribution in [0.2, 0.25) is 0 Å². The van der Waals surface area contributed by atoms with Crippen molar-refractivity contribution in [2.24, 2.45) is 0 Å². The van der Waals surface area contributed by atoms with Crippen LogP contribution in [0.15, 0.2) is 60.0 Å². The Bertz CT molecular complexity index is 1250. The lowest BCUT2D eigenvalue weighted by Crippen LogP contribution is -2.13. The lowest BCUT2D eigenvalue weighted by Gasteiger charge is -2.05. The maximum absolute atomic E-state index is 13.5. The van der Waals surface area contributed by atoms with Gasteiger partial charge in [-0.15, -0.1) is 22.7 Å². The number of benzene rings is 2. The second-order valence-corrected chi connectivity index (χ2v) is 8.67. The lowest BCUT2D eigenvalue weighted by atomic mass is 10.1. The van der Waals surface area contributed by atoms with Crippen molar-refractivity contribution in [2.45, 2.75) is 6.92 Å². The highest BCUT2D eigenvalue weighted by Crippen LogP contribution is 2.31. The molecule has 5 nitrogen and oxygen atoms in total. The zero-order chi connectivity index (χ0) is 22.0. The molecule has 0 aliphatic rings. The molecular weight excluding hydrogens is 440 g/mol. The molecule has 2 aromatic heterocycles. The number of thiophene rings is 1. The van der Waals surface area contributed by atoms with Crippen molar-refractivity contribution < 1.29 is 18.4 Å². The van der Waals surface area contributed by atoms with Crippen molar-refractivity contribution in [3.63, 3.8) is 0 Å². The maximum atomic E-state index is 13.5. The minimum absolute atomic E-state index is 0.213. The smallest absolute Gasteiger partial charge is 0.265 e. The molecule has 0 bridgehead atoms. The predicted molar refractivity (Wildman–Crippen MR) is 119 cm³/mol. The van der Waals surface area contributed by atoms with Crippen LogP contribution in [0.4, 0.5) is 19.6 Å². The summed E-state index contributed by atoms with van der Waals surface area (Å²) in [6.45, 7) is 1.79. The van der Waals surface area contributed by atoms with Crippen LogP contribution in [-0.2, 0) is 0 Å². The highest BCUT2D eigenvalue weighted by molar-refractivity contribution is 7.16. The first-order chi connectivity index (χ1) is 14.9. The van der Waals surface area contributed by atoms with Crippen molar-refractivity contribution in [3.05, 3.63) is 86.9 Å². The molecule has 156 valence electrons. The second-order valence-electron chi connectivity index (χ2n) is 6.52. The highest BCUT2D eigenvalue weighted by atomic mass is 32.1. The maximum Gasteiger partial charge on any atom is 0.265 e. The highest BCUT2D eigenvalue weighted by Gasteiger charge is 2.15. The summed E-state index contributed by atoms with van der Waals surface area (Å²) in [6.07, 6.45) is 0. The summed E-state index contributed by atoms with van der Waals surface area (Å²) in [5.74, 6) is -2.47. The van der Waals surface area contributed by atoms with E-state index in [2.05, 4.69) is 15.6 Å². The SMILES string of the molecule is Cc1sc(NC(=O)c2ccc(NC(=O)c3cccs3)cc2)nc1-c1ccc(F)c(F)c1. The minimum Gasteiger partial charge on any atom is -0.321 e. The number of rotatable bonds is 5. The summed E-state index contributed by atoms with van der Waals surface area (Å²) in [5.41, 5.74) is 1.86. The number of aryl methyl sites for hydroxylation is 1. The normalized spacial score (nSPS) is 10.7. The summed E-state index contributed by atoms with van der Waals surface area (Å²) >= 11 is 2.58. The fourth-order valence-electron chi connectivity index (χ4n) is 2.84. The summed E-state index contributed by atoms with van der Waals surface area (Å²) in [7, 11) is 0. The summed E-state index contributed by atoms with van der Waals surface area (Å²) in [5, 5.41) is 7.65. The standard InChI is InChI=1S/C22H15F2N3O2S2/c1-12-19(14-6-9-16(23)17(24)11-14)26-22(31-12)27-20(28)13-4-7-15(8-5-13)25-21(29)18-3-2-10-30-18/h2-11H,1H3,(H,25,29)(H,26,27,28). The van der Waals surface area contributed by atoms with E-state index in [1.165, 1.54) is 28.7 Å². The van der Waals surface area contributed by atoms with Gasteiger partial charge in [0.2, 0.25) is 0 Å². The van der Waals surface area contributed by atoms with Gasteiger partial charge in [-0.1, -0.05) is 6.07 Å². The number of anilines is 2. The molecule has 2 N–H and O–H groups in total. The van der Waals surface area contributed by atoms with Crippen LogP contribution >= 0.6 is 22.7 Å². The molecule has 2 aromatic carbocycles. The van der Waals surface area contributed by atoms with Crippen LogP contribution in [0, 0.1) is 18.6 Å². The first-order valence-electron chi connectivity index (χ1n) is 9.10. The van der Waals surface area contributed by atoms with Crippen LogP contribution in [0.25, 0.3) is 11.3 Å². The molecule has 9 heteroatoms. The van der Waals surface area contributed by atoms with Gasteiger partial charge in [-0.25, -0.2) is 13.8 Å². The Kier molecular flexibility index (Phi) is 5.88. The third-order valence-electron chi connectivity index (χ3n) is 4.36. The van der Waals surface area contributed by atoms with Crippen LogP contribution in [0.5, 0.6) is 0 Å². The van der Waals surface area contributed by atoms with Gasteiger partial charge >= 0.3 is 0 Å². The van der Waals surface area contributed by atoms with Crippen LogP contribution in [0.3, 0.4) is 0 Å². The predicted octanol–water partition coefficient (Wildman–Crippen LogP) is 5.96. The molecule has 4 aromatic rings. The zero-order valence-corrected chi connectivity index (χ0v) is 17.7. The number of thiazole rings is 1. The van der Waals surface area contributed by atoms with E-state index >= 15 is 0 Å². The summed E-state index contributed by atoms with van der Waals surface area (Å²) in [4.78, 5) is 30.3. The molecule has 0 saturated carbocycles. The first kappa shape index (κ1) is 20.8. The number of hydrogen-bond acceptors (Lipinski definition) is 5. The zero-order valence-electron chi connectivity index (χ0n) is 16.1. The molecule has 2 heterocycles. The average Bonchev–Trinajstić information content (AvgIpc) is 3.41. The molecule has 31 heavy (non-hydrogen) atoms. The van der Waals surface area contributed by atoms with Crippen molar-refractivity contribution in [3.8, 4) is 11.3 Å². The fraction of sp³-hybridized carbons (Fsp3) is 0.0455. The molecule has 4 rings (SSSR count). The van der Waals surface area contributed by atoms with Crippen LogP contribution in [-0.4, -0.2) is 16.8 Å². The fourth-order valence-corrected chi connectivity index (χ4v) is 4.29. The molecule has 2 amide bonds. The molecule has 0 spiro atoms. The van der Waals surface area contributed by atoms with Gasteiger partial charge in [0.05, 0.1) is 10.6 Å². The topological polar surface area (TPSA) is 71.1 Å². The Morgan fingerprint density at radius 1 is 0.935 bits per heavy atom. The van der Waals surface area contributed by atoms with Gasteiger partial charge in [-0.05, 0) is 60.8 Å². The second kappa shape index (κ2) is 8.75. The summed E-state index contributed by atoms with van der Waals surface area (Å²) < 4.78 is 26.7. The number of aromatic nitrogens is 1. The largest absolute Gasteiger partial charge is 0.321 e. The van der Waals surface area contributed by atoms with Gasteiger partial charge in [-0.2, -0.15) is 0 Å². The average molecular weight is 456 g/mol. The van der Waals surface area contributed by atoms with E-state index in [0.717, 1.165) is 17.0 Å². The van der Waals surface area contributed by atoms with E-state index in [1.54, 1.807) is 43.3 Å². The molecule has 0 aliphatic heterocycles. The lowest BCUT2D eigenvalue weighted by molar-refractivity contribution is 0.102. The Balaban J connectivity index is 1.45. The van der Waals surface area contributed by atoms with Gasteiger partial charge in [0.1, 0.15) is 0 Å². The van der Waals surface area contributed by atoms with Crippen LogP contribution in [0.1, 0.15) is 24.9 Å². The van der Waals surface area contributed by atoms with Crippen LogP contribution < -0.4 is 10.6 Å². The van der Waals surface area contributed by atoms with E-state index < -0.39 is 11.6 Å². The number of carbonyl (C=O) groups is 2. The summed E-state index contributed by atoms with van der Waals surface area (Å²) in [6, 6.07) is 13.5. The minimum atomic E-state index is -0.957. The number of halogens is 2. The monoisotopic (exact) mass is 455 g/mol. The van der Waals surface area contributed by atoms with Crippen molar-refractivity contribution in [2.75, 3.05) is 10.6 Å². The van der Waals surface area contributed by atoms with E-state index in [9.17, 15) is 18.4 Å². The van der Waals surface area contributed by atoms with Gasteiger partial charge in [0.15, 0.2) is 16.8 Å². The Morgan fingerprint density at radius 2 is 1.71 bits per heavy atom. The van der Waals surface area contributed by atoms with Gasteiger partial charge in [-0.3, -0.25) is 14.9 Å². The number of hydrogen-bond donors (Lipinski definition) is 2. The molecule has 0 unspecified atom stereocenters. The number of carbonyl (C=O) groups excluding carboxylic acids is 2. The number of nitrogens with zero attached hydrogens (tertiary/aromatic N) is 1. The van der Waals surface area contributed by atoms with Gasteiger partial charge < -0.3 is 5.32 Å². The third-order valence-corrected chi connectivity index (χ3v) is 6.11. The Labute approximate surface area is 184 Å².